The molecule has 39 heavy (non-hydrogen) atoms. The van der Waals surface area contributed by atoms with Gasteiger partial charge in [-0.05, 0) is 84.6 Å². The summed E-state index contributed by atoms with van der Waals surface area (Å²) in [6, 6.07) is 54.9. The van der Waals surface area contributed by atoms with Gasteiger partial charge >= 0.3 is 0 Å². The number of fused-ring (bicyclic) bond motifs is 2. The van der Waals surface area contributed by atoms with Crippen molar-refractivity contribution in [3.63, 3.8) is 0 Å². The van der Waals surface area contributed by atoms with Gasteiger partial charge < -0.3 is 0 Å². The third-order valence-electron chi connectivity index (χ3n) is 7.77. The molecule has 0 aliphatic carbocycles. The summed E-state index contributed by atoms with van der Waals surface area (Å²) in [7, 11) is 0. The van der Waals surface area contributed by atoms with Crippen molar-refractivity contribution >= 4 is 21.5 Å². The highest BCUT2D eigenvalue weighted by atomic mass is 14.2. The zero-order valence-corrected chi connectivity index (χ0v) is 21.9. The molecule has 7 aromatic carbocycles. The Morgan fingerprint density at radius 3 is 1.13 bits per heavy atom. The number of aryl methyl sites for hydroxylation is 1. The van der Waals surface area contributed by atoms with E-state index >= 15 is 0 Å². The Hall–Kier alpha value is -4.94. The van der Waals surface area contributed by atoms with Gasteiger partial charge in [-0.1, -0.05) is 146 Å². The Morgan fingerprint density at radius 1 is 0.308 bits per heavy atom. The number of rotatable bonds is 4. The molecule has 0 spiro atoms. The van der Waals surface area contributed by atoms with Crippen LogP contribution in [-0.2, 0) is 0 Å². The molecule has 0 bridgehead atoms. The largest absolute Gasteiger partial charge is 0.0622 e. The lowest BCUT2D eigenvalue weighted by Crippen LogP contribution is -1.94. The van der Waals surface area contributed by atoms with Crippen LogP contribution in [0.1, 0.15) is 5.56 Å². The lowest BCUT2D eigenvalue weighted by atomic mass is 9.83. The van der Waals surface area contributed by atoms with Crippen LogP contribution in [0.4, 0.5) is 0 Å². The molecule has 7 aromatic rings. The normalized spacial score (nSPS) is 11.2. The van der Waals surface area contributed by atoms with Crippen molar-refractivity contribution in [1.82, 2.24) is 0 Å². The SMILES string of the molecule is Cc1cc(-c2c3ccccc3c(-c3ccccc3)c3ccccc23)cc(-c2ccccc2)c1-c1ccccc1. The first kappa shape index (κ1) is 23.2. The van der Waals surface area contributed by atoms with E-state index in [1.807, 2.05) is 0 Å². The molecular weight excluding hydrogens is 468 g/mol. The summed E-state index contributed by atoms with van der Waals surface area (Å²) >= 11 is 0. The topological polar surface area (TPSA) is 0 Å². The highest BCUT2D eigenvalue weighted by Crippen LogP contribution is 2.46. The molecule has 0 aromatic heterocycles. The van der Waals surface area contributed by atoms with Crippen molar-refractivity contribution < 1.29 is 0 Å². The van der Waals surface area contributed by atoms with Crippen LogP contribution in [0.3, 0.4) is 0 Å². The zero-order chi connectivity index (χ0) is 26.2. The maximum absolute atomic E-state index is 2.40. The van der Waals surface area contributed by atoms with Gasteiger partial charge in [0.25, 0.3) is 0 Å². The summed E-state index contributed by atoms with van der Waals surface area (Å²) in [5.41, 5.74) is 11.4. The standard InChI is InChI=1S/C39H28/c1-27-25-31(26-36(28-15-5-2-6-16-28)37(27)29-17-7-3-8-18-29)39-34-23-13-11-21-32(34)38(30-19-9-4-10-20-30)33-22-12-14-24-35(33)39/h2-26H,1H3. The molecule has 0 heterocycles. The molecule has 0 radical (unpaired) electrons. The molecule has 0 heteroatoms. The van der Waals surface area contributed by atoms with Crippen LogP contribution < -0.4 is 0 Å². The first-order valence-corrected chi connectivity index (χ1v) is 13.5. The third-order valence-corrected chi connectivity index (χ3v) is 7.77. The highest BCUT2D eigenvalue weighted by molar-refractivity contribution is 6.21. The molecule has 0 aliphatic heterocycles. The average Bonchev–Trinajstić information content (AvgIpc) is 3.00. The Bertz CT molecular complexity index is 1880. The van der Waals surface area contributed by atoms with E-state index in [-0.39, 0.29) is 0 Å². The summed E-state index contributed by atoms with van der Waals surface area (Å²) < 4.78 is 0. The second-order valence-corrected chi connectivity index (χ2v) is 10.2. The molecule has 184 valence electrons. The Labute approximate surface area is 229 Å². The second kappa shape index (κ2) is 9.74. The predicted octanol–water partition coefficient (Wildman–Crippen LogP) is 11.0. The summed E-state index contributed by atoms with van der Waals surface area (Å²) in [6.45, 7) is 2.25. The van der Waals surface area contributed by atoms with E-state index in [2.05, 4.69) is 159 Å². The second-order valence-electron chi connectivity index (χ2n) is 10.2. The van der Waals surface area contributed by atoms with Crippen LogP contribution in [0, 0.1) is 6.92 Å². The fraction of sp³-hybridized carbons (Fsp3) is 0.0256. The van der Waals surface area contributed by atoms with Gasteiger partial charge in [0, 0.05) is 0 Å². The van der Waals surface area contributed by atoms with Crippen LogP contribution in [-0.4, -0.2) is 0 Å². The fourth-order valence-electron chi connectivity index (χ4n) is 6.12. The lowest BCUT2D eigenvalue weighted by molar-refractivity contribution is 1.45. The molecule has 0 atom stereocenters. The molecule has 7 rings (SSSR count). The highest BCUT2D eigenvalue weighted by Gasteiger charge is 2.19. The number of hydrogen-bond acceptors (Lipinski definition) is 0. The minimum Gasteiger partial charge on any atom is -0.0622 e. The molecule has 0 saturated heterocycles. The molecule has 0 amide bonds. The lowest BCUT2D eigenvalue weighted by Gasteiger charge is -2.20. The van der Waals surface area contributed by atoms with Crippen molar-refractivity contribution in [3.8, 4) is 44.5 Å². The fourth-order valence-corrected chi connectivity index (χ4v) is 6.12. The van der Waals surface area contributed by atoms with Gasteiger partial charge in [-0.3, -0.25) is 0 Å². The van der Waals surface area contributed by atoms with Gasteiger partial charge in [0.1, 0.15) is 0 Å². The monoisotopic (exact) mass is 496 g/mol. The molecular formula is C39H28. The van der Waals surface area contributed by atoms with Crippen molar-refractivity contribution in [2.75, 3.05) is 0 Å². The molecule has 0 aliphatic rings. The first-order valence-electron chi connectivity index (χ1n) is 13.5. The van der Waals surface area contributed by atoms with E-state index in [9.17, 15) is 0 Å². The van der Waals surface area contributed by atoms with Crippen LogP contribution in [0.15, 0.2) is 152 Å². The molecule has 0 nitrogen and oxygen atoms in total. The minimum atomic E-state index is 1.23. The van der Waals surface area contributed by atoms with Gasteiger partial charge in [0.05, 0.1) is 0 Å². The maximum Gasteiger partial charge on any atom is -0.00260 e. The number of benzene rings is 7. The van der Waals surface area contributed by atoms with Crippen LogP contribution >= 0.6 is 0 Å². The van der Waals surface area contributed by atoms with E-state index in [1.165, 1.54) is 71.6 Å². The minimum absolute atomic E-state index is 1.23. The van der Waals surface area contributed by atoms with Gasteiger partial charge in [-0.15, -0.1) is 0 Å². The first-order chi connectivity index (χ1) is 19.3. The van der Waals surface area contributed by atoms with Gasteiger partial charge in [0.15, 0.2) is 0 Å². The Morgan fingerprint density at radius 2 is 0.667 bits per heavy atom. The maximum atomic E-state index is 2.40. The van der Waals surface area contributed by atoms with Crippen LogP contribution in [0.5, 0.6) is 0 Å². The average molecular weight is 497 g/mol. The van der Waals surface area contributed by atoms with Gasteiger partial charge in [0.2, 0.25) is 0 Å². The van der Waals surface area contributed by atoms with Crippen LogP contribution in [0.2, 0.25) is 0 Å². The van der Waals surface area contributed by atoms with Crippen LogP contribution in [0.25, 0.3) is 66.1 Å². The van der Waals surface area contributed by atoms with E-state index in [0.29, 0.717) is 0 Å². The Balaban J connectivity index is 1.60. The van der Waals surface area contributed by atoms with E-state index in [0.717, 1.165) is 0 Å². The van der Waals surface area contributed by atoms with E-state index < -0.39 is 0 Å². The summed E-state index contributed by atoms with van der Waals surface area (Å²) in [6.07, 6.45) is 0. The van der Waals surface area contributed by atoms with Crippen molar-refractivity contribution in [2.45, 2.75) is 6.92 Å². The van der Waals surface area contributed by atoms with E-state index in [4.69, 9.17) is 0 Å². The third kappa shape index (κ3) is 4.02. The Kier molecular flexibility index (Phi) is 5.79. The van der Waals surface area contributed by atoms with Crippen molar-refractivity contribution in [1.29, 1.82) is 0 Å². The quantitative estimate of drug-likeness (QED) is 0.213. The summed E-state index contributed by atoms with van der Waals surface area (Å²) in [4.78, 5) is 0. The summed E-state index contributed by atoms with van der Waals surface area (Å²) in [5, 5.41) is 5.12. The predicted molar refractivity (Wildman–Crippen MR) is 168 cm³/mol. The van der Waals surface area contributed by atoms with E-state index in [1.54, 1.807) is 0 Å². The molecule has 0 unspecified atom stereocenters. The summed E-state index contributed by atoms with van der Waals surface area (Å²) in [5.74, 6) is 0. The van der Waals surface area contributed by atoms with Gasteiger partial charge in [-0.25, -0.2) is 0 Å². The molecule has 0 saturated carbocycles. The zero-order valence-electron chi connectivity index (χ0n) is 21.9. The molecule has 0 fully saturated rings. The smallest absolute Gasteiger partial charge is 0.00260 e. The van der Waals surface area contributed by atoms with Gasteiger partial charge in [-0.2, -0.15) is 0 Å². The van der Waals surface area contributed by atoms with Crippen molar-refractivity contribution in [3.05, 3.63) is 157 Å². The molecule has 0 N–H and O–H groups in total. The number of hydrogen-bond donors (Lipinski definition) is 0. The van der Waals surface area contributed by atoms with Crippen molar-refractivity contribution in [2.24, 2.45) is 0 Å².